The first kappa shape index (κ1) is 9.70. The minimum absolute atomic E-state index is 0.688. The second kappa shape index (κ2) is 5.48. The van der Waals surface area contributed by atoms with Crippen LogP contribution in [0.25, 0.3) is 0 Å². The molecule has 0 rings (SSSR count). The topological polar surface area (TPSA) is 12.0 Å². The Morgan fingerprint density at radius 1 is 1.60 bits per heavy atom. The highest BCUT2D eigenvalue weighted by Gasteiger charge is 1.99. The summed E-state index contributed by atoms with van der Waals surface area (Å²) in [6, 6.07) is 0. The van der Waals surface area contributed by atoms with Crippen molar-refractivity contribution in [2.24, 2.45) is 5.92 Å². The van der Waals surface area contributed by atoms with Crippen molar-refractivity contribution in [3.63, 3.8) is 0 Å². The van der Waals surface area contributed by atoms with Crippen LogP contribution >= 0.6 is 0 Å². The zero-order chi connectivity index (χ0) is 7.98. The minimum Gasteiger partial charge on any atom is -0.320 e. The molecule has 0 amide bonds. The fourth-order valence-electron chi connectivity index (χ4n) is 0.831. The van der Waals surface area contributed by atoms with E-state index in [9.17, 15) is 0 Å². The van der Waals surface area contributed by atoms with E-state index in [4.69, 9.17) is 0 Å². The fourth-order valence-corrected chi connectivity index (χ4v) is 0.831. The number of rotatable bonds is 5. The van der Waals surface area contributed by atoms with Crippen molar-refractivity contribution in [2.75, 3.05) is 13.6 Å². The van der Waals surface area contributed by atoms with E-state index in [1.807, 2.05) is 7.05 Å². The Morgan fingerprint density at radius 3 is 2.60 bits per heavy atom. The Labute approximate surface area is 64.5 Å². The Bertz CT molecular complexity index is 96.9. The van der Waals surface area contributed by atoms with Gasteiger partial charge in [0.1, 0.15) is 0 Å². The standard InChI is InChI=1S/C9H19N/c1-8(2)9(3)6-5-7-10-4/h9-10H,1,5-7H2,2-4H3/t9-/m1/s1. The molecule has 60 valence electrons. The van der Waals surface area contributed by atoms with E-state index in [2.05, 4.69) is 25.7 Å². The van der Waals surface area contributed by atoms with Gasteiger partial charge in [0, 0.05) is 0 Å². The van der Waals surface area contributed by atoms with Gasteiger partial charge in [-0.2, -0.15) is 0 Å². The minimum atomic E-state index is 0.688. The molecule has 1 nitrogen and oxygen atoms in total. The normalized spacial score (nSPS) is 13.1. The summed E-state index contributed by atoms with van der Waals surface area (Å²) in [7, 11) is 1.99. The third-order valence-electron chi connectivity index (χ3n) is 1.91. The number of hydrogen-bond donors (Lipinski definition) is 1. The van der Waals surface area contributed by atoms with Gasteiger partial charge in [0.05, 0.1) is 0 Å². The summed E-state index contributed by atoms with van der Waals surface area (Å²) in [5.41, 5.74) is 1.30. The molecule has 0 aromatic carbocycles. The maximum Gasteiger partial charge on any atom is -0.00517 e. The lowest BCUT2D eigenvalue weighted by Gasteiger charge is -2.09. The highest BCUT2D eigenvalue weighted by molar-refractivity contribution is 4.93. The first-order valence-corrected chi connectivity index (χ1v) is 3.98. The Morgan fingerprint density at radius 2 is 2.20 bits per heavy atom. The van der Waals surface area contributed by atoms with Gasteiger partial charge < -0.3 is 5.32 Å². The molecule has 0 saturated heterocycles. The van der Waals surface area contributed by atoms with Crippen LogP contribution in [-0.2, 0) is 0 Å². The molecule has 0 aromatic rings. The number of nitrogens with one attached hydrogen (secondary N) is 1. The number of hydrogen-bond acceptors (Lipinski definition) is 1. The molecule has 0 saturated carbocycles. The van der Waals surface area contributed by atoms with Crippen molar-refractivity contribution >= 4 is 0 Å². The van der Waals surface area contributed by atoms with E-state index in [1.54, 1.807) is 0 Å². The molecule has 0 bridgehead atoms. The van der Waals surface area contributed by atoms with Crippen molar-refractivity contribution in [1.29, 1.82) is 0 Å². The van der Waals surface area contributed by atoms with E-state index >= 15 is 0 Å². The fraction of sp³-hybridized carbons (Fsp3) is 0.778. The molecule has 0 heterocycles. The van der Waals surface area contributed by atoms with Crippen molar-refractivity contribution in [3.05, 3.63) is 12.2 Å². The van der Waals surface area contributed by atoms with Crippen LogP contribution in [0.5, 0.6) is 0 Å². The summed E-state index contributed by atoms with van der Waals surface area (Å²) in [5, 5.41) is 3.13. The van der Waals surface area contributed by atoms with Crippen LogP contribution in [0.4, 0.5) is 0 Å². The molecule has 10 heavy (non-hydrogen) atoms. The van der Waals surface area contributed by atoms with Gasteiger partial charge in [0.2, 0.25) is 0 Å². The largest absolute Gasteiger partial charge is 0.320 e. The summed E-state index contributed by atoms with van der Waals surface area (Å²) < 4.78 is 0. The molecule has 0 radical (unpaired) electrons. The van der Waals surface area contributed by atoms with E-state index in [0.717, 1.165) is 6.54 Å². The summed E-state index contributed by atoms with van der Waals surface area (Å²) in [5.74, 6) is 0.688. The van der Waals surface area contributed by atoms with Crippen molar-refractivity contribution < 1.29 is 0 Å². The lowest BCUT2D eigenvalue weighted by molar-refractivity contribution is 0.564. The molecule has 1 heteroatoms. The highest BCUT2D eigenvalue weighted by atomic mass is 14.8. The molecule has 0 aliphatic carbocycles. The van der Waals surface area contributed by atoms with Crippen LogP contribution in [0.15, 0.2) is 12.2 Å². The van der Waals surface area contributed by atoms with Crippen LogP contribution in [0.2, 0.25) is 0 Å². The van der Waals surface area contributed by atoms with Crippen molar-refractivity contribution in [2.45, 2.75) is 26.7 Å². The Hall–Kier alpha value is -0.300. The third-order valence-corrected chi connectivity index (χ3v) is 1.91. The lowest BCUT2D eigenvalue weighted by Crippen LogP contribution is -2.09. The zero-order valence-corrected chi connectivity index (χ0v) is 7.41. The molecular weight excluding hydrogens is 122 g/mol. The van der Waals surface area contributed by atoms with E-state index in [1.165, 1.54) is 18.4 Å². The van der Waals surface area contributed by atoms with Crippen LogP contribution in [-0.4, -0.2) is 13.6 Å². The lowest BCUT2D eigenvalue weighted by atomic mass is 9.99. The van der Waals surface area contributed by atoms with Crippen molar-refractivity contribution in [1.82, 2.24) is 5.32 Å². The van der Waals surface area contributed by atoms with Crippen molar-refractivity contribution in [3.8, 4) is 0 Å². The maximum absolute atomic E-state index is 3.91. The van der Waals surface area contributed by atoms with Gasteiger partial charge >= 0.3 is 0 Å². The zero-order valence-electron chi connectivity index (χ0n) is 7.41. The maximum atomic E-state index is 3.91. The smallest absolute Gasteiger partial charge is 0.00517 e. The molecule has 0 fully saturated rings. The summed E-state index contributed by atoms with van der Waals surface area (Å²) in [6.07, 6.45) is 2.51. The predicted molar refractivity (Wildman–Crippen MR) is 47.1 cm³/mol. The monoisotopic (exact) mass is 141 g/mol. The van der Waals surface area contributed by atoms with Gasteiger partial charge in [-0.05, 0) is 39.3 Å². The third kappa shape index (κ3) is 4.57. The van der Waals surface area contributed by atoms with Gasteiger partial charge in [-0.15, -0.1) is 0 Å². The molecule has 0 aromatic heterocycles. The van der Waals surface area contributed by atoms with Gasteiger partial charge in [-0.1, -0.05) is 19.1 Å². The first-order chi connectivity index (χ1) is 4.68. The van der Waals surface area contributed by atoms with E-state index < -0.39 is 0 Å². The second-order valence-electron chi connectivity index (χ2n) is 2.99. The van der Waals surface area contributed by atoms with Gasteiger partial charge in [0.15, 0.2) is 0 Å². The SMILES string of the molecule is C=C(C)[C@H](C)CCCNC. The summed E-state index contributed by atoms with van der Waals surface area (Å²) in [6.45, 7) is 9.37. The highest BCUT2D eigenvalue weighted by Crippen LogP contribution is 2.12. The van der Waals surface area contributed by atoms with E-state index in [-0.39, 0.29) is 0 Å². The first-order valence-electron chi connectivity index (χ1n) is 3.98. The summed E-state index contributed by atoms with van der Waals surface area (Å²) in [4.78, 5) is 0. The summed E-state index contributed by atoms with van der Waals surface area (Å²) >= 11 is 0. The molecule has 0 aliphatic rings. The van der Waals surface area contributed by atoms with Crippen LogP contribution in [0, 0.1) is 5.92 Å². The Balaban J connectivity index is 3.21. The van der Waals surface area contributed by atoms with Crippen LogP contribution < -0.4 is 5.32 Å². The average Bonchev–Trinajstić information content (AvgIpc) is 1.88. The number of allylic oxidation sites excluding steroid dienone is 1. The van der Waals surface area contributed by atoms with Crippen LogP contribution in [0.3, 0.4) is 0 Å². The van der Waals surface area contributed by atoms with Gasteiger partial charge in [0.25, 0.3) is 0 Å². The molecule has 0 unspecified atom stereocenters. The molecule has 1 N–H and O–H groups in total. The molecule has 0 aliphatic heterocycles. The average molecular weight is 141 g/mol. The predicted octanol–water partition coefficient (Wildman–Crippen LogP) is 2.20. The quantitative estimate of drug-likeness (QED) is 0.457. The second-order valence-corrected chi connectivity index (χ2v) is 2.99. The van der Waals surface area contributed by atoms with Crippen LogP contribution in [0.1, 0.15) is 26.7 Å². The van der Waals surface area contributed by atoms with Gasteiger partial charge in [-0.3, -0.25) is 0 Å². The Kier molecular flexibility index (Phi) is 5.32. The van der Waals surface area contributed by atoms with Gasteiger partial charge in [-0.25, -0.2) is 0 Å². The molecular formula is C9H19N. The molecule has 0 spiro atoms. The van der Waals surface area contributed by atoms with E-state index in [0.29, 0.717) is 5.92 Å². The molecule has 1 atom stereocenters.